The standard InChI is InChI=1S/C13H18O2/c1-13(8-3-2-4-9-13)15-12-7-5-6-11(14)10-12/h5-7,10,14H,2-4,8-9H2,1H3. The summed E-state index contributed by atoms with van der Waals surface area (Å²) < 4.78 is 5.96. The first-order chi connectivity index (χ1) is 7.18. The second-order valence-corrected chi connectivity index (χ2v) is 4.61. The highest BCUT2D eigenvalue weighted by Gasteiger charge is 2.28. The van der Waals surface area contributed by atoms with Crippen LogP contribution in [-0.2, 0) is 0 Å². The van der Waals surface area contributed by atoms with Gasteiger partial charge in [-0.2, -0.15) is 0 Å². The summed E-state index contributed by atoms with van der Waals surface area (Å²) in [6, 6.07) is 7.06. The van der Waals surface area contributed by atoms with E-state index >= 15 is 0 Å². The monoisotopic (exact) mass is 206 g/mol. The van der Waals surface area contributed by atoms with E-state index < -0.39 is 0 Å². The topological polar surface area (TPSA) is 29.5 Å². The van der Waals surface area contributed by atoms with Crippen LogP contribution in [0.2, 0.25) is 0 Å². The molecule has 1 N–H and O–H groups in total. The Morgan fingerprint density at radius 1 is 1.20 bits per heavy atom. The molecular formula is C13H18O2. The molecule has 0 saturated heterocycles. The molecule has 82 valence electrons. The molecule has 1 aliphatic carbocycles. The van der Waals surface area contributed by atoms with Gasteiger partial charge < -0.3 is 9.84 Å². The summed E-state index contributed by atoms with van der Waals surface area (Å²) in [7, 11) is 0. The fourth-order valence-corrected chi connectivity index (χ4v) is 2.23. The molecule has 1 aromatic carbocycles. The van der Waals surface area contributed by atoms with Gasteiger partial charge in [-0.25, -0.2) is 0 Å². The second kappa shape index (κ2) is 4.13. The highest BCUT2D eigenvalue weighted by Crippen LogP contribution is 2.33. The molecule has 0 atom stereocenters. The number of phenolic OH excluding ortho intramolecular Hbond substituents is 1. The Hall–Kier alpha value is -1.18. The molecule has 2 heteroatoms. The van der Waals surface area contributed by atoms with Crippen molar-refractivity contribution in [2.45, 2.75) is 44.6 Å². The molecule has 0 spiro atoms. The summed E-state index contributed by atoms with van der Waals surface area (Å²) in [5, 5.41) is 9.35. The highest BCUT2D eigenvalue weighted by molar-refractivity contribution is 5.32. The SMILES string of the molecule is CC1(Oc2cccc(O)c2)CCCCC1. The maximum atomic E-state index is 9.35. The molecule has 0 heterocycles. The van der Waals surface area contributed by atoms with Crippen LogP contribution in [0.5, 0.6) is 11.5 Å². The van der Waals surface area contributed by atoms with Crippen LogP contribution in [0.3, 0.4) is 0 Å². The minimum absolute atomic E-state index is 0.0357. The third-order valence-electron chi connectivity index (χ3n) is 3.09. The molecule has 0 bridgehead atoms. The zero-order valence-electron chi connectivity index (χ0n) is 9.20. The molecular weight excluding hydrogens is 188 g/mol. The van der Waals surface area contributed by atoms with Crippen molar-refractivity contribution >= 4 is 0 Å². The Bertz CT molecular complexity index is 327. The van der Waals surface area contributed by atoms with Gasteiger partial charge in [-0.1, -0.05) is 12.5 Å². The zero-order valence-corrected chi connectivity index (χ0v) is 9.20. The largest absolute Gasteiger partial charge is 0.508 e. The lowest BCUT2D eigenvalue weighted by atomic mass is 9.86. The predicted molar refractivity (Wildman–Crippen MR) is 60.2 cm³/mol. The molecule has 15 heavy (non-hydrogen) atoms. The molecule has 0 unspecified atom stereocenters. The predicted octanol–water partition coefficient (Wildman–Crippen LogP) is 3.49. The van der Waals surface area contributed by atoms with Crippen LogP contribution in [0.15, 0.2) is 24.3 Å². The van der Waals surface area contributed by atoms with E-state index in [-0.39, 0.29) is 11.4 Å². The second-order valence-electron chi connectivity index (χ2n) is 4.61. The molecule has 2 rings (SSSR count). The molecule has 1 fully saturated rings. The van der Waals surface area contributed by atoms with E-state index in [1.54, 1.807) is 12.1 Å². The summed E-state index contributed by atoms with van der Waals surface area (Å²) in [4.78, 5) is 0. The minimum atomic E-state index is -0.0357. The van der Waals surface area contributed by atoms with Gasteiger partial charge in [0.05, 0.1) is 0 Å². The number of ether oxygens (including phenoxy) is 1. The van der Waals surface area contributed by atoms with E-state index in [0.29, 0.717) is 0 Å². The maximum Gasteiger partial charge on any atom is 0.123 e. The van der Waals surface area contributed by atoms with Crippen molar-refractivity contribution in [1.82, 2.24) is 0 Å². The van der Waals surface area contributed by atoms with Gasteiger partial charge in [-0.3, -0.25) is 0 Å². The first kappa shape index (κ1) is 10.3. The first-order valence-electron chi connectivity index (χ1n) is 5.66. The molecule has 1 aromatic rings. The Balaban J connectivity index is 2.06. The molecule has 1 saturated carbocycles. The molecule has 0 amide bonds. The molecule has 1 aliphatic rings. The third-order valence-corrected chi connectivity index (χ3v) is 3.09. The fraction of sp³-hybridized carbons (Fsp3) is 0.538. The Labute approximate surface area is 90.9 Å². The normalized spacial score (nSPS) is 19.8. The number of hydrogen-bond donors (Lipinski definition) is 1. The van der Waals surface area contributed by atoms with Crippen LogP contribution in [0.25, 0.3) is 0 Å². The molecule has 0 aromatic heterocycles. The Morgan fingerprint density at radius 3 is 2.60 bits per heavy atom. The van der Waals surface area contributed by atoms with Crippen molar-refractivity contribution < 1.29 is 9.84 Å². The van der Waals surface area contributed by atoms with Gasteiger partial charge in [0.1, 0.15) is 17.1 Å². The molecule has 0 radical (unpaired) electrons. The Kier molecular flexibility index (Phi) is 2.85. The van der Waals surface area contributed by atoms with Gasteiger partial charge in [0.15, 0.2) is 0 Å². The summed E-state index contributed by atoms with van der Waals surface area (Å²) >= 11 is 0. The van der Waals surface area contributed by atoms with Gasteiger partial charge in [0.2, 0.25) is 0 Å². The smallest absolute Gasteiger partial charge is 0.123 e. The third kappa shape index (κ3) is 2.65. The summed E-state index contributed by atoms with van der Waals surface area (Å²) in [6.45, 7) is 2.16. The fourth-order valence-electron chi connectivity index (χ4n) is 2.23. The van der Waals surface area contributed by atoms with Crippen LogP contribution in [0.1, 0.15) is 39.0 Å². The van der Waals surface area contributed by atoms with E-state index in [1.165, 1.54) is 19.3 Å². The highest BCUT2D eigenvalue weighted by atomic mass is 16.5. The number of phenols is 1. The Morgan fingerprint density at radius 2 is 1.93 bits per heavy atom. The summed E-state index contributed by atoms with van der Waals surface area (Å²) in [5.41, 5.74) is -0.0357. The van der Waals surface area contributed by atoms with E-state index in [2.05, 4.69) is 6.92 Å². The van der Waals surface area contributed by atoms with Gasteiger partial charge in [0, 0.05) is 6.07 Å². The van der Waals surface area contributed by atoms with Crippen LogP contribution in [-0.4, -0.2) is 10.7 Å². The van der Waals surface area contributed by atoms with Crippen molar-refractivity contribution in [3.8, 4) is 11.5 Å². The number of hydrogen-bond acceptors (Lipinski definition) is 2. The van der Waals surface area contributed by atoms with E-state index in [9.17, 15) is 5.11 Å². The van der Waals surface area contributed by atoms with E-state index in [0.717, 1.165) is 18.6 Å². The summed E-state index contributed by atoms with van der Waals surface area (Å²) in [6.07, 6.45) is 6.04. The molecule has 2 nitrogen and oxygen atoms in total. The lowest BCUT2D eigenvalue weighted by Crippen LogP contribution is -2.34. The van der Waals surface area contributed by atoms with Crippen LogP contribution in [0.4, 0.5) is 0 Å². The van der Waals surface area contributed by atoms with Gasteiger partial charge in [-0.15, -0.1) is 0 Å². The summed E-state index contributed by atoms with van der Waals surface area (Å²) in [5.74, 6) is 1.05. The van der Waals surface area contributed by atoms with Crippen LogP contribution < -0.4 is 4.74 Å². The first-order valence-corrected chi connectivity index (χ1v) is 5.66. The maximum absolute atomic E-state index is 9.35. The van der Waals surface area contributed by atoms with Gasteiger partial charge in [-0.05, 0) is 44.7 Å². The number of rotatable bonds is 2. The number of aromatic hydroxyl groups is 1. The average Bonchev–Trinajstić information content (AvgIpc) is 2.18. The molecule has 0 aliphatic heterocycles. The van der Waals surface area contributed by atoms with Crippen LogP contribution in [0, 0.1) is 0 Å². The van der Waals surface area contributed by atoms with Crippen LogP contribution >= 0.6 is 0 Å². The lowest BCUT2D eigenvalue weighted by Gasteiger charge is -2.34. The van der Waals surface area contributed by atoms with Crippen molar-refractivity contribution in [2.24, 2.45) is 0 Å². The minimum Gasteiger partial charge on any atom is -0.508 e. The van der Waals surface area contributed by atoms with Crippen molar-refractivity contribution in [3.05, 3.63) is 24.3 Å². The quantitative estimate of drug-likeness (QED) is 0.802. The average molecular weight is 206 g/mol. The van der Waals surface area contributed by atoms with Crippen molar-refractivity contribution in [3.63, 3.8) is 0 Å². The van der Waals surface area contributed by atoms with E-state index in [1.807, 2.05) is 12.1 Å². The zero-order chi connectivity index (χ0) is 10.7. The number of benzene rings is 1. The van der Waals surface area contributed by atoms with E-state index in [4.69, 9.17) is 4.74 Å². The van der Waals surface area contributed by atoms with Gasteiger partial charge >= 0.3 is 0 Å². The lowest BCUT2D eigenvalue weighted by molar-refractivity contribution is 0.0485. The van der Waals surface area contributed by atoms with Crippen molar-refractivity contribution in [2.75, 3.05) is 0 Å². The van der Waals surface area contributed by atoms with Gasteiger partial charge in [0.25, 0.3) is 0 Å². The van der Waals surface area contributed by atoms with Crippen molar-refractivity contribution in [1.29, 1.82) is 0 Å².